The van der Waals surface area contributed by atoms with Gasteiger partial charge in [-0.1, -0.05) is 11.6 Å². The van der Waals surface area contributed by atoms with Gasteiger partial charge in [-0.2, -0.15) is 0 Å². The Labute approximate surface area is 87.3 Å². The van der Waals surface area contributed by atoms with Crippen LogP contribution in [0.4, 0.5) is 8.78 Å². The fourth-order valence-electron chi connectivity index (χ4n) is 0.868. The molecule has 0 aromatic carbocycles. The van der Waals surface area contributed by atoms with E-state index in [0.717, 1.165) is 0 Å². The molecule has 0 amide bonds. The van der Waals surface area contributed by atoms with Gasteiger partial charge in [-0.15, -0.1) is 0 Å². The average Bonchev–Trinajstić information content (AvgIpc) is 1.82. The number of alkyl halides is 2. The lowest BCUT2D eigenvalue weighted by molar-refractivity contribution is 0.149. The lowest BCUT2D eigenvalue weighted by Gasteiger charge is -2.06. The molecule has 12 heavy (non-hydrogen) atoms. The predicted molar refractivity (Wildman–Crippen MR) is 51.7 cm³/mol. The quantitative estimate of drug-likeness (QED) is 0.571. The maximum Gasteiger partial charge on any atom is 0.266 e. The smallest absolute Gasteiger partial charge is 0.230 e. The summed E-state index contributed by atoms with van der Waals surface area (Å²) in [5.74, 6) is 0. The zero-order valence-corrected chi connectivity index (χ0v) is 9.03. The molecule has 0 bridgehead atoms. The summed E-state index contributed by atoms with van der Waals surface area (Å²) in [4.78, 5) is 3.73. The second-order valence-electron chi connectivity index (χ2n) is 2.27. The lowest BCUT2D eigenvalue weighted by atomic mass is 10.2. The van der Waals surface area contributed by atoms with Gasteiger partial charge in [0.25, 0.3) is 6.43 Å². The summed E-state index contributed by atoms with van der Waals surface area (Å²) in [6.45, 7) is 1.59. The van der Waals surface area contributed by atoms with Crippen molar-refractivity contribution in [1.29, 1.82) is 0 Å². The molecule has 66 valence electrons. The van der Waals surface area contributed by atoms with Crippen LogP contribution in [-0.2, 0) is 0 Å². The summed E-state index contributed by atoms with van der Waals surface area (Å²) in [5, 5.41) is 0.251. The minimum atomic E-state index is -2.48. The highest BCUT2D eigenvalue weighted by Gasteiger charge is 2.16. The first-order valence-electron chi connectivity index (χ1n) is 3.13. The predicted octanol–water partition coefficient (Wildman–Crippen LogP) is 3.59. The van der Waals surface area contributed by atoms with Gasteiger partial charge in [0.15, 0.2) is 0 Å². The molecule has 0 aliphatic rings. The molecule has 0 unspecified atom stereocenters. The van der Waals surface area contributed by atoms with E-state index in [-0.39, 0.29) is 14.4 Å². The number of hydrogen-bond acceptors (Lipinski definition) is 1. The Kier molecular flexibility index (Phi) is 3.22. The van der Waals surface area contributed by atoms with E-state index >= 15 is 0 Å². The zero-order valence-electron chi connectivity index (χ0n) is 6.11. The van der Waals surface area contributed by atoms with Gasteiger partial charge in [0.05, 0.1) is 5.56 Å². The second-order valence-corrected chi connectivity index (χ2v) is 3.68. The van der Waals surface area contributed by atoms with Gasteiger partial charge in [-0.25, -0.2) is 13.8 Å². The van der Waals surface area contributed by atoms with Crippen LogP contribution >= 0.6 is 34.2 Å². The summed E-state index contributed by atoms with van der Waals surface area (Å²) < 4.78 is 24.9. The van der Waals surface area contributed by atoms with Crippen molar-refractivity contribution < 1.29 is 8.78 Å². The number of hydrogen-bond donors (Lipinski definition) is 0. The largest absolute Gasteiger partial charge is 0.266 e. The van der Waals surface area contributed by atoms with Gasteiger partial charge in [0, 0.05) is 0 Å². The molecule has 0 aliphatic heterocycles. The van der Waals surface area contributed by atoms with E-state index in [1.807, 2.05) is 0 Å². The van der Waals surface area contributed by atoms with E-state index in [1.165, 1.54) is 6.07 Å². The van der Waals surface area contributed by atoms with Crippen molar-refractivity contribution >= 4 is 34.2 Å². The van der Waals surface area contributed by atoms with Crippen molar-refractivity contribution in [3.05, 3.63) is 26.0 Å². The maximum atomic E-state index is 12.3. The van der Waals surface area contributed by atoms with Gasteiger partial charge in [-0.3, -0.25) is 0 Å². The molecule has 0 saturated carbocycles. The van der Waals surface area contributed by atoms with Gasteiger partial charge >= 0.3 is 0 Å². The van der Waals surface area contributed by atoms with Crippen molar-refractivity contribution in [3.8, 4) is 0 Å². The Balaban J connectivity index is 3.28. The third-order valence-electron chi connectivity index (χ3n) is 1.41. The van der Waals surface area contributed by atoms with Crippen molar-refractivity contribution in [2.75, 3.05) is 0 Å². The van der Waals surface area contributed by atoms with Crippen LogP contribution < -0.4 is 0 Å². The molecule has 1 nitrogen and oxygen atoms in total. The van der Waals surface area contributed by atoms with E-state index in [0.29, 0.717) is 5.56 Å². The van der Waals surface area contributed by atoms with Crippen LogP contribution in [0, 0.1) is 10.6 Å². The normalized spacial score (nSPS) is 10.8. The highest BCUT2D eigenvalue weighted by atomic mass is 127. The van der Waals surface area contributed by atoms with Crippen molar-refractivity contribution in [1.82, 2.24) is 4.98 Å². The highest BCUT2D eigenvalue weighted by Crippen LogP contribution is 2.27. The monoisotopic (exact) mass is 303 g/mol. The molecule has 0 saturated heterocycles. The highest BCUT2D eigenvalue weighted by molar-refractivity contribution is 14.1. The lowest BCUT2D eigenvalue weighted by Crippen LogP contribution is -1.97. The molecule has 0 spiro atoms. The van der Waals surface area contributed by atoms with E-state index < -0.39 is 6.43 Å². The summed E-state index contributed by atoms with van der Waals surface area (Å²) in [6, 6.07) is 1.44. The molecule has 0 atom stereocenters. The molecule has 1 heterocycles. The first kappa shape index (κ1) is 10.1. The second kappa shape index (κ2) is 3.83. The molecule has 5 heteroatoms. The Morgan fingerprint density at radius 2 is 2.17 bits per heavy atom. The van der Waals surface area contributed by atoms with E-state index in [9.17, 15) is 8.78 Å². The number of nitrogens with zero attached hydrogens (tertiary/aromatic N) is 1. The zero-order chi connectivity index (χ0) is 9.30. The van der Waals surface area contributed by atoms with E-state index in [2.05, 4.69) is 4.98 Å². The standard InChI is InChI=1S/C7H5ClF2IN/c1-3-2-4(8)12-7(11)5(3)6(9)10/h2,6H,1H3. The van der Waals surface area contributed by atoms with Crippen LogP contribution in [0.25, 0.3) is 0 Å². The first-order chi connectivity index (χ1) is 5.52. The number of halogens is 4. The van der Waals surface area contributed by atoms with Gasteiger partial charge in [0.1, 0.15) is 8.85 Å². The third-order valence-corrected chi connectivity index (χ3v) is 2.42. The third kappa shape index (κ3) is 2.04. The average molecular weight is 303 g/mol. The van der Waals surface area contributed by atoms with Gasteiger partial charge in [0.2, 0.25) is 0 Å². The minimum absolute atomic E-state index is 0.0278. The summed E-state index contributed by atoms with van der Waals surface area (Å²) in [6.07, 6.45) is -2.48. The van der Waals surface area contributed by atoms with Gasteiger partial charge in [-0.05, 0) is 41.1 Å². The number of aryl methyl sites for hydroxylation is 1. The minimum Gasteiger partial charge on any atom is -0.230 e. The van der Waals surface area contributed by atoms with Crippen LogP contribution in [0.1, 0.15) is 17.6 Å². The Hall–Kier alpha value is 0.0300. The Bertz CT molecular complexity index is 280. The summed E-state index contributed by atoms with van der Waals surface area (Å²) in [5.41, 5.74) is 0.453. The fraction of sp³-hybridized carbons (Fsp3) is 0.286. The van der Waals surface area contributed by atoms with Crippen molar-refractivity contribution in [2.45, 2.75) is 13.3 Å². The Morgan fingerprint density at radius 1 is 1.58 bits per heavy atom. The van der Waals surface area contributed by atoms with E-state index in [1.54, 1.807) is 29.5 Å². The van der Waals surface area contributed by atoms with Crippen LogP contribution in [0.2, 0.25) is 5.15 Å². The SMILES string of the molecule is Cc1cc(Cl)nc(I)c1C(F)F. The number of pyridine rings is 1. The molecular weight excluding hydrogens is 298 g/mol. The van der Waals surface area contributed by atoms with Crippen LogP contribution in [0.15, 0.2) is 6.07 Å². The molecule has 0 N–H and O–H groups in total. The number of aromatic nitrogens is 1. The molecule has 1 rings (SSSR count). The van der Waals surface area contributed by atoms with Crippen LogP contribution in [0.3, 0.4) is 0 Å². The molecule has 1 aromatic heterocycles. The molecule has 0 aliphatic carbocycles. The molecular formula is C7H5ClF2IN. The maximum absolute atomic E-state index is 12.3. The van der Waals surface area contributed by atoms with Crippen LogP contribution in [-0.4, -0.2) is 4.98 Å². The van der Waals surface area contributed by atoms with Crippen molar-refractivity contribution in [2.24, 2.45) is 0 Å². The molecule has 0 radical (unpaired) electrons. The van der Waals surface area contributed by atoms with Crippen molar-refractivity contribution in [3.63, 3.8) is 0 Å². The van der Waals surface area contributed by atoms with E-state index in [4.69, 9.17) is 11.6 Å². The Morgan fingerprint density at radius 3 is 2.58 bits per heavy atom. The topological polar surface area (TPSA) is 12.9 Å². The number of rotatable bonds is 1. The molecule has 1 aromatic rings. The van der Waals surface area contributed by atoms with Crippen LogP contribution in [0.5, 0.6) is 0 Å². The van der Waals surface area contributed by atoms with Gasteiger partial charge < -0.3 is 0 Å². The summed E-state index contributed by atoms with van der Waals surface area (Å²) >= 11 is 7.32. The first-order valence-corrected chi connectivity index (χ1v) is 4.58. The summed E-state index contributed by atoms with van der Waals surface area (Å²) in [7, 11) is 0. The molecule has 0 fully saturated rings. The fourth-order valence-corrected chi connectivity index (χ4v) is 2.18.